The number of amides is 1. The molecule has 1 saturated carbocycles. The zero-order valence-electron chi connectivity index (χ0n) is 19.8. The highest BCUT2D eigenvalue weighted by Crippen LogP contribution is 2.73. The van der Waals surface area contributed by atoms with Crippen LogP contribution in [-0.2, 0) is 26.9 Å². The van der Waals surface area contributed by atoms with Crippen molar-refractivity contribution in [2.75, 3.05) is 12.0 Å². The molecule has 0 aromatic heterocycles. The van der Waals surface area contributed by atoms with Gasteiger partial charge in [-0.2, -0.15) is 5.26 Å². The molecule has 3 aromatic carbocycles. The number of hydrogen-bond acceptors (Lipinski definition) is 4. The van der Waals surface area contributed by atoms with Gasteiger partial charge in [-0.15, -0.1) is 0 Å². The van der Waals surface area contributed by atoms with Crippen LogP contribution in [0.5, 0.6) is 0 Å². The molecule has 1 spiro atoms. The van der Waals surface area contributed by atoms with Crippen LogP contribution in [-0.4, -0.2) is 19.0 Å². The minimum Gasteiger partial charge on any atom is -0.465 e. The van der Waals surface area contributed by atoms with Gasteiger partial charge in [0.1, 0.15) is 5.82 Å². The van der Waals surface area contributed by atoms with Crippen LogP contribution in [0.3, 0.4) is 0 Å². The van der Waals surface area contributed by atoms with Gasteiger partial charge in [-0.25, -0.2) is 9.18 Å². The first kappa shape index (κ1) is 22.8. The van der Waals surface area contributed by atoms with Crippen LogP contribution in [0.1, 0.15) is 52.9 Å². The van der Waals surface area contributed by atoms with Crippen molar-refractivity contribution in [3.05, 3.63) is 100 Å². The Morgan fingerprint density at radius 1 is 1.14 bits per heavy atom. The maximum Gasteiger partial charge on any atom is 0.337 e. The van der Waals surface area contributed by atoms with Crippen LogP contribution in [0.2, 0.25) is 0 Å². The Morgan fingerprint density at radius 3 is 2.54 bits per heavy atom. The molecule has 5 nitrogen and oxygen atoms in total. The lowest BCUT2D eigenvalue weighted by Crippen LogP contribution is -2.38. The monoisotopic (exact) mass is 468 g/mol. The van der Waals surface area contributed by atoms with Gasteiger partial charge in [0.2, 0.25) is 5.91 Å². The van der Waals surface area contributed by atoms with Crippen molar-refractivity contribution in [2.45, 2.75) is 37.6 Å². The first-order valence-corrected chi connectivity index (χ1v) is 11.6. The standard InChI is InChI=1S/C29H25FN2O3/c1-18(2)28(22-9-7-19(15-31)8-10-22)17-29(28)24-14-23(30)11-12-25(24)32(27(29)34)16-20-5-4-6-21(13-20)26(33)35-3/h4-14,18H,16-17H2,1-3H3/t28-,29-/m0/s1. The van der Waals surface area contributed by atoms with Crippen molar-refractivity contribution in [3.63, 3.8) is 0 Å². The van der Waals surface area contributed by atoms with E-state index in [1.807, 2.05) is 18.2 Å². The summed E-state index contributed by atoms with van der Waals surface area (Å²) in [5, 5.41) is 9.23. The van der Waals surface area contributed by atoms with Gasteiger partial charge < -0.3 is 9.64 Å². The van der Waals surface area contributed by atoms with Crippen LogP contribution in [0.15, 0.2) is 66.7 Å². The summed E-state index contributed by atoms with van der Waals surface area (Å²) in [6, 6.07) is 21.1. The van der Waals surface area contributed by atoms with E-state index in [1.54, 1.807) is 41.3 Å². The van der Waals surface area contributed by atoms with E-state index in [0.717, 1.165) is 11.1 Å². The Labute approximate surface area is 203 Å². The van der Waals surface area contributed by atoms with E-state index in [1.165, 1.54) is 19.2 Å². The molecule has 3 aromatic rings. The Morgan fingerprint density at radius 2 is 1.89 bits per heavy atom. The number of ether oxygens (including phenoxy) is 1. The van der Waals surface area contributed by atoms with Crippen LogP contribution in [0.4, 0.5) is 10.1 Å². The van der Waals surface area contributed by atoms with E-state index in [0.29, 0.717) is 28.8 Å². The first-order valence-electron chi connectivity index (χ1n) is 11.6. The van der Waals surface area contributed by atoms with Gasteiger partial charge in [-0.3, -0.25) is 4.79 Å². The van der Waals surface area contributed by atoms with E-state index >= 15 is 0 Å². The number of nitriles is 1. The molecular formula is C29H25FN2O3. The third-order valence-corrected chi connectivity index (χ3v) is 7.70. The van der Waals surface area contributed by atoms with Crippen molar-refractivity contribution in [1.82, 2.24) is 0 Å². The molecule has 2 aliphatic rings. The number of fused-ring (bicyclic) bond motifs is 2. The Balaban J connectivity index is 1.60. The normalized spacial score (nSPS) is 22.3. The van der Waals surface area contributed by atoms with Crippen molar-refractivity contribution in [2.24, 2.45) is 5.92 Å². The maximum atomic E-state index is 14.5. The van der Waals surface area contributed by atoms with Crippen molar-refractivity contribution in [3.8, 4) is 6.07 Å². The molecule has 0 unspecified atom stereocenters. The van der Waals surface area contributed by atoms with Gasteiger partial charge in [0.05, 0.1) is 36.3 Å². The van der Waals surface area contributed by atoms with Gasteiger partial charge in [-0.05, 0) is 71.5 Å². The SMILES string of the molecule is COC(=O)c1cccc(CN2C(=O)[C@]3(C[C@@]3(c3ccc(C#N)cc3)C(C)C)c3cc(F)ccc32)c1. The molecule has 0 bridgehead atoms. The van der Waals surface area contributed by atoms with E-state index in [9.17, 15) is 19.2 Å². The number of nitrogens with zero attached hydrogens (tertiary/aromatic N) is 2. The molecule has 0 saturated heterocycles. The van der Waals surface area contributed by atoms with Crippen molar-refractivity contribution < 1.29 is 18.7 Å². The minimum atomic E-state index is -0.882. The third-order valence-electron chi connectivity index (χ3n) is 7.70. The fraction of sp³-hybridized carbons (Fsp3) is 0.276. The van der Waals surface area contributed by atoms with Crippen LogP contribution < -0.4 is 4.90 Å². The smallest absolute Gasteiger partial charge is 0.337 e. The molecule has 1 aliphatic carbocycles. The quantitative estimate of drug-likeness (QED) is 0.479. The maximum absolute atomic E-state index is 14.5. The number of carbonyl (C=O) groups excluding carboxylic acids is 2. The fourth-order valence-electron chi connectivity index (χ4n) is 5.99. The second-order valence-corrected chi connectivity index (χ2v) is 9.64. The van der Waals surface area contributed by atoms with Gasteiger partial charge in [0.25, 0.3) is 0 Å². The minimum absolute atomic E-state index is 0.0698. The first-order chi connectivity index (χ1) is 16.8. The van der Waals surface area contributed by atoms with Gasteiger partial charge in [0, 0.05) is 11.1 Å². The second kappa shape index (κ2) is 8.06. The molecule has 5 rings (SSSR count). The summed E-state index contributed by atoms with van der Waals surface area (Å²) < 4.78 is 19.4. The number of benzene rings is 3. The predicted octanol–water partition coefficient (Wildman–Crippen LogP) is 5.27. The van der Waals surface area contributed by atoms with Crippen molar-refractivity contribution in [1.29, 1.82) is 5.26 Å². The number of rotatable bonds is 5. The molecule has 6 heteroatoms. The van der Waals surface area contributed by atoms with Crippen LogP contribution in [0.25, 0.3) is 0 Å². The van der Waals surface area contributed by atoms with Crippen LogP contribution >= 0.6 is 0 Å². The van der Waals surface area contributed by atoms with Crippen LogP contribution in [0, 0.1) is 23.1 Å². The fourth-order valence-corrected chi connectivity index (χ4v) is 5.99. The predicted molar refractivity (Wildman–Crippen MR) is 129 cm³/mol. The summed E-state index contributed by atoms with van der Waals surface area (Å²) in [5.74, 6) is -0.798. The van der Waals surface area contributed by atoms with Gasteiger partial charge >= 0.3 is 5.97 Å². The number of methoxy groups -OCH3 is 1. The lowest BCUT2D eigenvalue weighted by molar-refractivity contribution is -0.121. The Hall–Kier alpha value is -3.98. The lowest BCUT2D eigenvalue weighted by atomic mass is 9.75. The highest BCUT2D eigenvalue weighted by molar-refractivity contribution is 6.12. The summed E-state index contributed by atoms with van der Waals surface area (Å²) in [4.78, 5) is 27.9. The van der Waals surface area contributed by atoms with E-state index in [-0.39, 0.29) is 24.2 Å². The number of anilines is 1. The number of hydrogen-bond donors (Lipinski definition) is 0. The van der Waals surface area contributed by atoms with E-state index in [4.69, 9.17) is 4.74 Å². The lowest BCUT2D eigenvalue weighted by Gasteiger charge is -2.27. The molecule has 176 valence electrons. The number of esters is 1. The van der Waals surface area contributed by atoms with Gasteiger partial charge in [-0.1, -0.05) is 38.1 Å². The Kier molecular flexibility index (Phi) is 5.25. The summed E-state index contributed by atoms with van der Waals surface area (Å²) >= 11 is 0. The third kappa shape index (κ3) is 3.19. The average Bonchev–Trinajstić information content (AvgIpc) is 3.54. The average molecular weight is 469 g/mol. The summed E-state index contributed by atoms with van der Waals surface area (Å²) in [6.07, 6.45) is 0.567. The Bertz CT molecular complexity index is 1390. The van der Waals surface area contributed by atoms with E-state index < -0.39 is 16.8 Å². The molecule has 1 amide bonds. The molecule has 2 atom stereocenters. The largest absolute Gasteiger partial charge is 0.465 e. The second-order valence-electron chi connectivity index (χ2n) is 9.64. The summed E-state index contributed by atoms with van der Waals surface area (Å²) in [5.41, 5.74) is 2.72. The topological polar surface area (TPSA) is 70.4 Å². The molecule has 1 aliphatic heterocycles. The molecule has 35 heavy (non-hydrogen) atoms. The molecule has 1 fully saturated rings. The zero-order valence-corrected chi connectivity index (χ0v) is 19.8. The summed E-state index contributed by atoms with van der Waals surface area (Å²) in [7, 11) is 1.33. The molecule has 0 radical (unpaired) electrons. The molecular weight excluding hydrogens is 443 g/mol. The highest BCUT2D eigenvalue weighted by atomic mass is 19.1. The summed E-state index contributed by atoms with van der Waals surface area (Å²) in [6.45, 7) is 4.43. The van der Waals surface area contributed by atoms with Gasteiger partial charge in [0.15, 0.2) is 0 Å². The zero-order chi connectivity index (χ0) is 25.0. The number of carbonyl (C=O) groups is 2. The molecule has 0 N–H and O–H groups in total. The number of halogens is 1. The van der Waals surface area contributed by atoms with E-state index in [2.05, 4.69) is 19.9 Å². The molecule has 1 heterocycles. The van der Waals surface area contributed by atoms with Crippen molar-refractivity contribution >= 4 is 17.6 Å². The highest BCUT2D eigenvalue weighted by Gasteiger charge is 2.77.